The van der Waals surface area contributed by atoms with Crippen LogP contribution in [-0.2, 0) is 45.2 Å². The van der Waals surface area contributed by atoms with E-state index in [0.29, 0.717) is 52.2 Å². The maximum Gasteiger partial charge on any atom is 0.211 e. The summed E-state index contributed by atoms with van der Waals surface area (Å²) in [6.07, 6.45) is 9.98. The van der Waals surface area contributed by atoms with E-state index in [4.69, 9.17) is 15.2 Å². The van der Waals surface area contributed by atoms with Gasteiger partial charge in [-0.05, 0) is 33.2 Å². The second kappa shape index (κ2) is 15.4. The average molecular weight is 463 g/mol. The standard InChI is InChI=1S/C23H38N6O4/c1-3-32-15-13-28-11-8-25-22(28)17-27(10-6-5-7-20(24)21(31)19-30)18-23-26-9-12-29(23)14-16-33-4-2/h8-9,11-12,19-20H,3-7,10,13-18,24H2,1-2H3. The Bertz CT molecular complexity index is 771. The zero-order chi connectivity index (χ0) is 23.9. The number of unbranched alkanes of at least 4 members (excludes halogenated alkanes) is 1. The van der Waals surface area contributed by atoms with Crippen LogP contribution in [0.5, 0.6) is 0 Å². The topological polar surface area (TPSA) is 117 Å². The van der Waals surface area contributed by atoms with Gasteiger partial charge in [-0.15, -0.1) is 0 Å². The molecule has 2 rings (SSSR count). The summed E-state index contributed by atoms with van der Waals surface area (Å²) in [6.45, 7) is 10.3. The van der Waals surface area contributed by atoms with Crippen LogP contribution in [-0.4, -0.2) is 75.1 Å². The van der Waals surface area contributed by atoms with E-state index in [2.05, 4.69) is 24.0 Å². The molecule has 0 aromatic carbocycles. The minimum absolute atomic E-state index is 0.307. The fourth-order valence-corrected chi connectivity index (χ4v) is 3.55. The van der Waals surface area contributed by atoms with Gasteiger partial charge in [-0.1, -0.05) is 6.42 Å². The number of ether oxygens (including phenoxy) is 2. The molecule has 0 amide bonds. The normalized spacial score (nSPS) is 12.4. The summed E-state index contributed by atoms with van der Waals surface area (Å²) >= 11 is 0. The predicted octanol–water partition coefficient (Wildman–Crippen LogP) is 1.42. The van der Waals surface area contributed by atoms with Crippen LogP contribution >= 0.6 is 0 Å². The Hall–Kier alpha value is -2.40. The zero-order valence-electron chi connectivity index (χ0n) is 19.9. The number of ketones is 1. The number of imidazole rings is 2. The highest BCUT2D eigenvalue weighted by Crippen LogP contribution is 2.12. The first-order valence-corrected chi connectivity index (χ1v) is 11.7. The van der Waals surface area contributed by atoms with E-state index in [1.54, 1.807) is 0 Å². The lowest BCUT2D eigenvalue weighted by Crippen LogP contribution is -2.32. The molecule has 2 heterocycles. The monoisotopic (exact) mass is 462 g/mol. The minimum Gasteiger partial charge on any atom is -0.380 e. The number of rotatable bonds is 19. The molecule has 0 aliphatic carbocycles. The SMILES string of the molecule is CCOCCn1ccnc1CN(CCCCC(N)C(=O)C=O)Cc1nccn1CCOCC. The van der Waals surface area contributed by atoms with Crippen LogP contribution in [0, 0.1) is 0 Å². The van der Waals surface area contributed by atoms with Gasteiger partial charge in [-0.3, -0.25) is 14.5 Å². The zero-order valence-corrected chi connectivity index (χ0v) is 19.9. The molecular weight excluding hydrogens is 424 g/mol. The van der Waals surface area contributed by atoms with Crippen molar-refractivity contribution in [3.8, 4) is 0 Å². The molecule has 2 aromatic rings. The molecule has 33 heavy (non-hydrogen) atoms. The third-order valence-corrected chi connectivity index (χ3v) is 5.42. The van der Waals surface area contributed by atoms with Crippen molar-refractivity contribution < 1.29 is 19.1 Å². The molecule has 0 saturated heterocycles. The highest BCUT2D eigenvalue weighted by molar-refractivity contribution is 6.27. The molecule has 10 heteroatoms. The largest absolute Gasteiger partial charge is 0.380 e. The summed E-state index contributed by atoms with van der Waals surface area (Å²) in [5.41, 5.74) is 5.77. The Morgan fingerprint density at radius 3 is 2.06 bits per heavy atom. The first kappa shape index (κ1) is 26.8. The quantitative estimate of drug-likeness (QED) is 0.189. The second-order valence-electron chi connectivity index (χ2n) is 7.80. The fraction of sp³-hybridized carbons (Fsp3) is 0.652. The maximum absolute atomic E-state index is 11.4. The Morgan fingerprint density at radius 2 is 1.58 bits per heavy atom. The first-order valence-electron chi connectivity index (χ1n) is 11.7. The van der Waals surface area contributed by atoms with Crippen molar-refractivity contribution >= 4 is 12.1 Å². The van der Waals surface area contributed by atoms with Crippen LogP contribution in [0.25, 0.3) is 0 Å². The number of hydrogen-bond donors (Lipinski definition) is 1. The van der Waals surface area contributed by atoms with Gasteiger partial charge in [0.2, 0.25) is 5.78 Å². The molecule has 1 atom stereocenters. The van der Waals surface area contributed by atoms with Gasteiger partial charge >= 0.3 is 0 Å². The van der Waals surface area contributed by atoms with E-state index in [1.165, 1.54) is 0 Å². The van der Waals surface area contributed by atoms with Crippen molar-refractivity contribution in [3.05, 3.63) is 36.4 Å². The number of carbonyl (C=O) groups excluding carboxylic acids is 2. The third-order valence-electron chi connectivity index (χ3n) is 5.42. The molecule has 0 saturated carbocycles. The van der Waals surface area contributed by atoms with Crippen LogP contribution in [0.15, 0.2) is 24.8 Å². The predicted molar refractivity (Wildman–Crippen MR) is 124 cm³/mol. The lowest BCUT2D eigenvalue weighted by molar-refractivity contribution is -0.130. The molecule has 0 bridgehead atoms. The van der Waals surface area contributed by atoms with Crippen molar-refractivity contribution in [3.63, 3.8) is 0 Å². The molecule has 0 aliphatic rings. The molecule has 1 unspecified atom stereocenters. The van der Waals surface area contributed by atoms with Crippen molar-refractivity contribution in [2.45, 2.75) is 65.3 Å². The minimum atomic E-state index is -0.717. The number of aromatic nitrogens is 4. The molecule has 0 radical (unpaired) electrons. The summed E-state index contributed by atoms with van der Waals surface area (Å²) in [5.74, 6) is 1.39. The number of carbonyl (C=O) groups is 2. The Balaban J connectivity index is 2.01. The summed E-state index contributed by atoms with van der Waals surface area (Å²) in [4.78, 5) is 33.4. The van der Waals surface area contributed by atoms with Crippen LogP contribution in [0.3, 0.4) is 0 Å². The van der Waals surface area contributed by atoms with Gasteiger partial charge in [0.05, 0.1) is 32.3 Å². The third kappa shape index (κ3) is 9.55. The second-order valence-corrected chi connectivity index (χ2v) is 7.80. The molecule has 10 nitrogen and oxygen atoms in total. The van der Waals surface area contributed by atoms with E-state index >= 15 is 0 Å². The van der Waals surface area contributed by atoms with Crippen molar-refractivity contribution in [2.75, 3.05) is 33.0 Å². The van der Waals surface area contributed by atoms with Gasteiger partial charge in [0.25, 0.3) is 0 Å². The van der Waals surface area contributed by atoms with E-state index in [0.717, 1.165) is 44.1 Å². The lowest BCUT2D eigenvalue weighted by Gasteiger charge is -2.23. The van der Waals surface area contributed by atoms with Crippen LogP contribution < -0.4 is 5.73 Å². The number of nitrogens with two attached hydrogens (primary N) is 1. The highest BCUT2D eigenvalue weighted by Gasteiger charge is 2.16. The summed E-state index contributed by atoms with van der Waals surface area (Å²) in [7, 11) is 0. The van der Waals surface area contributed by atoms with Crippen LogP contribution in [0.4, 0.5) is 0 Å². The van der Waals surface area contributed by atoms with Crippen molar-refractivity contribution in [1.29, 1.82) is 0 Å². The van der Waals surface area contributed by atoms with E-state index in [9.17, 15) is 9.59 Å². The fourth-order valence-electron chi connectivity index (χ4n) is 3.55. The van der Waals surface area contributed by atoms with Crippen LogP contribution in [0.2, 0.25) is 0 Å². The molecule has 0 spiro atoms. The number of Topliss-reactive ketones (excluding diaryl/α,β-unsaturated/α-hetero) is 1. The van der Waals surface area contributed by atoms with E-state index < -0.39 is 11.8 Å². The molecule has 0 aliphatic heterocycles. The summed E-state index contributed by atoms with van der Waals surface area (Å²) in [5, 5.41) is 0. The van der Waals surface area contributed by atoms with Gasteiger partial charge in [-0.2, -0.15) is 0 Å². The number of hydrogen-bond acceptors (Lipinski definition) is 8. The summed E-state index contributed by atoms with van der Waals surface area (Å²) in [6, 6.07) is -0.717. The van der Waals surface area contributed by atoms with Crippen molar-refractivity contribution in [1.82, 2.24) is 24.0 Å². The molecule has 0 fully saturated rings. The maximum atomic E-state index is 11.4. The van der Waals surface area contributed by atoms with E-state index in [1.807, 2.05) is 38.6 Å². The van der Waals surface area contributed by atoms with Gasteiger partial charge in [0.15, 0.2) is 6.29 Å². The Kier molecular flexibility index (Phi) is 12.6. The Labute approximate surface area is 196 Å². The highest BCUT2D eigenvalue weighted by atomic mass is 16.5. The number of nitrogens with zero attached hydrogens (tertiary/aromatic N) is 5. The van der Waals surface area contributed by atoms with Gasteiger partial charge in [-0.25, -0.2) is 9.97 Å². The summed E-state index contributed by atoms with van der Waals surface area (Å²) < 4.78 is 15.2. The molecule has 184 valence electrons. The van der Waals surface area contributed by atoms with E-state index in [-0.39, 0.29) is 0 Å². The average Bonchev–Trinajstić information content (AvgIpc) is 3.45. The molecular formula is C23H38N6O4. The Morgan fingerprint density at radius 1 is 1.03 bits per heavy atom. The lowest BCUT2D eigenvalue weighted by atomic mass is 10.1. The molecule has 2 N–H and O–H groups in total. The van der Waals surface area contributed by atoms with Gasteiger partial charge in [0, 0.05) is 51.1 Å². The molecule has 2 aromatic heterocycles. The van der Waals surface area contributed by atoms with Crippen LogP contribution in [0.1, 0.15) is 44.8 Å². The smallest absolute Gasteiger partial charge is 0.211 e. The number of aldehydes is 1. The van der Waals surface area contributed by atoms with Gasteiger partial charge < -0.3 is 24.3 Å². The first-order chi connectivity index (χ1) is 16.1. The van der Waals surface area contributed by atoms with Crippen molar-refractivity contribution in [2.24, 2.45) is 5.73 Å². The van der Waals surface area contributed by atoms with Gasteiger partial charge in [0.1, 0.15) is 11.6 Å².